The van der Waals surface area contributed by atoms with Crippen LogP contribution in [0, 0.1) is 0 Å². The second kappa shape index (κ2) is 7.18. The number of nitrogens with zero attached hydrogens (tertiary/aromatic N) is 1. The van der Waals surface area contributed by atoms with Gasteiger partial charge in [-0.3, -0.25) is 4.79 Å². The van der Waals surface area contributed by atoms with Gasteiger partial charge in [0.05, 0.1) is 21.3 Å². The Balaban J connectivity index is 1.60. The molecule has 0 bridgehead atoms. The van der Waals surface area contributed by atoms with Crippen LogP contribution in [0.25, 0.3) is 21.3 Å². The number of carbonyl (C=O) groups excluding carboxylic acids is 1. The SMILES string of the molecule is NC1CCCCC1Nc1cc2c(c(-c3ccc4scnc4c3)c1)C(=O)NCC2. The smallest absolute Gasteiger partial charge is 0.252 e. The zero-order valence-corrected chi connectivity index (χ0v) is 16.5. The molecule has 1 fully saturated rings. The van der Waals surface area contributed by atoms with Gasteiger partial charge in [0, 0.05) is 24.3 Å². The third-order valence-electron chi connectivity index (χ3n) is 5.94. The number of fused-ring (bicyclic) bond motifs is 2. The van der Waals surface area contributed by atoms with E-state index >= 15 is 0 Å². The summed E-state index contributed by atoms with van der Waals surface area (Å²) in [5, 5.41) is 6.66. The molecule has 2 heterocycles. The molecule has 0 spiro atoms. The molecule has 1 saturated carbocycles. The molecule has 2 aromatic carbocycles. The highest BCUT2D eigenvalue weighted by Gasteiger charge is 2.25. The van der Waals surface area contributed by atoms with E-state index < -0.39 is 0 Å². The van der Waals surface area contributed by atoms with Crippen LogP contribution in [0.1, 0.15) is 41.6 Å². The molecule has 0 saturated heterocycles. The standard InChI is InChI=1S/C22H24N4OS/c23-17-3-1-2-4-18(17)26-15-9-14-7-8-24-22(27)21(14)16(11-15)13-5-6-20-19(10-13)25-12-28-20/h5-6,9-12,17-18,26H,1-4,7-8,23H2,(H,24,27). The Labute approximate surface area is 168 Å². The highest BCUT2D eigenvalue weighted by Crippen LogP contribution is 2.35. The van der Waals surface area contributed by atoms with Gasteiger partial charge < -0.3 is 16.4 Å². The monoisotopic (exact) mass is 392 g/mol. The first kappa shape index (κ1) is 17.6. The Morgan fingerprint density at radius 3 is 2.96 bits per heavy atom. The average molecular weight is 393 g/mol. The van der Waals surface area contributed by atoms with E-state index in [9.17, 15) is 4.79 Å². The molecule has 5 rings (SSSR count). The van der Waals surface area contributed by atoms with Crippen LogP contribution in [0.15, 0.2) is 35.8 Å². The Hall–Kier alpha value is -2.44. The lowest BCUT2D eigenvalue weighted by Crippen LogP contribution is -2.42. The summed E-state index contributed by atoms with van der Waals surface area (Å²) in [5.74, 6) is 0.00976. The van der Waals surface area contributed by atoms with Crippen LogP contribution in [0.5, 0.6) is 0 Å². The predicted octanol–water partition coefficient (Wildman–Crippen LogP) is 3.93. The summed E-state index contributed by atoms with van der Waals surface area (Å²) in [7, 11) is 0. The molecule has 2 atom stereocenters. The van der Waals surface area contributed by atoms with Crippen molar-refractivity contribution in [3.63, 3.8) is 0 Å². The number of amides is 1. The van der Waals surface area contributed by atoms with E-state index in [0.29, 0.717) is 6.54 Å². The fourth-order valence-corrected chi connectivity index (χ4v) is 5.11. The fourth-order valence-electron chi connectivity index (χ4n) is 4.46. The highest BCUT2D eigenvalue weighted by molar-refractivity contribution is 7.16. The van der Waals surface area contributed by atoms with Crippen molar-refractivity contribution >= 4 is 33.1 Å². The topological polar surface area (TPSA) is 80.0 Å². The van der Waals surface area contributed by atoms with Crippen LogP contribution in [0.4, 0.5) is 5.69 Å². The van der Waals surface area contributed by atoms with Gasteiger partial charge in [0.2, 0.25) is 0 Å². The number of nitrogens with two attached hydrogens (primary N) is 1. The van der Waals surface area contributed by atoms with Gasteiger partial charge in [0.25, 0.3) is 5.91 Å². The van der Waals surface area contributed by atoms with Crippen LogP contribution in [0.3, 0.4) is 0 Å². The first-order chi connectivity index (χ1) is 13.7. The van der Waals surface area contributed by atoms with Gasteiger partial charge >= 0.3 is 0 Å². The highest BCUT2D eigenvalue weighted by atomic mass is 32.1. The van der Waals surface area contributed by atoms with Gasteiger partial charge in [-0.2, -0.15) is 0 Å². The van der Waals surface area contributed by atoms with E-state index in [0.717, 1.165) is 57.4 Å². The lowest BCUT2D eigenvalue weighted by Gasteiger charge is -2.31. The summed E-state index contributed by atoms with van der Waals surface area (Å²) in [6.45, 7) is 0.683. The van der Waals surface area contributed by atoms with Crippen LogP contribution < -0.4 is 16.4 Å². The molecule has 1 amide bonds. The number of rotatable bonds is 3. The van der Waals surface area contributed by atoms with Crippen molar-refractivity contribution in [3.8, 4) is 11.1 Å². The zero-order valence-electron chi connectivity index (χ0n) is 15.7. The van der Waals surface area contributed by atoms with Crippen LogP contribution in [0.2, 0.25) is 0 Å². The minimum atomic E-state index is 0.00976. The van der Waals surface area contributed by atoms with Crippen LogP contribution >= 0.6 is 11.3 Å². The Morgan fingerprint density at radius 2 is 2.07 bits per heavy atom. The largest absolute Gasteiger partial charge is 0.381 e. The van der Waals surface area contributed by atoms with Gasteiger partial charge in [-0.05, 0) is 60.2 Å². The lowest BCUT2D eigenvalue weighted by molar-refractivity contribution is 0.0947. The summed E-state index contributed by atoms with van der Waals surface area (Å²) in [6, 6.07) is 11.0. The minimum Gasteiger partial charge on any atom is -0.381 e. The molecule has 4 N–H and O–H groups in total. The van der Waals surface area contributed by atoms with Crippen molar-refractivity contribution in [1.82, 2.24) is 10.3 Å². The second-order valence-corrected chi connectivity index (χ2v) is 8.68. The number of nitrogens with one attached hydrogen (secondary N) is 2. The molecule has 1 aliphatic heterocycles. The van der Waals surface area contributed by atoms with E-state index in [4.69, 9.17) is 5.73 Å². The summed E-state index contributed by atoms with van der Waals surface area (Å²) >= 11 is 1.63. The minimum absolute atomic E-state index is 0.00976. The summed E-state index contributed by atoms with van der Waals surface area (Å²) in [6.07, 6.45) is 5.44. The number of carbonyl (C=O) groups is 1. The molecule has 1 aromatic heterocycles. The van der Waals surface area contributed by atoms with E-state index in [1.165, 1.54) is 12.8 Å². The van der Waals surface area contributed by atoms with E-state index in [2.05, 4.69) is 45.9 Å². The number of hydrogen-bond donors (Lipinski definition) is 3. The average Bonchev–Trinajstić information content (AvgIpc) is 3.17. The van der Waals surface area contributed by atoms with E-state index in [1.54, 1.807) is 11.3 Å². The molecule has 0 radical (unpaired) electrons. The Morgan fingerprint density at radius 1 is 1.18 bits per heavy atom. The van der Waals surface area contributed by atoms with Crippen molar-refractivity contribution in [2.24, 2.45) is 5.73 Å². The Kier molecular flexibility index (Phi) is 4.53. The van der Waals surface area contributed by atoms with Crippen LogP contribution in [-0.2, 0) is 6.42 Å². The molecule has 144 valence electrons. The molecule has 3 aromatic rings. The van der Waals surface area contributed by atoms with Gasteiger partial charge in [0.1, 0.15) is 0 Å². The van der Waals surface area contributed by atoms with Crippen molar-refractivity contribution in [1.29, 1.82) is 0 Å². The molecular weight excluding hydrogens is 368 g/mol. The maximum absolute atomic E-state index is 12.7. The van der Waals surface area contributed by atoms with Gasteiger partial charge in [-0.15, -0.1) is 11.3 Å². The number of thiazole rings is 1. The molecule has 2 unspecified atom stereocenters. The summed E-state index contributed by atoms with van der Waals surface area (Å²) < 4.78 is 1.16. The first-order valence-corrected chi connectivity index (χ1v) is 10.9. The van der Waals surface area contributed by atoms with E-state index in [1.807, 2.05) is 5.51 Å². The molecule has 2 aliphatic rings. The normalized spacial score (nSPS) is 22.0. The van der Waals surface area contributed by atoms with Gasteiger partial charge in [-0.1, -0.05) is 18.9 Å². The van der Waals surface area contributed by atoms with Gasteiger partial charge in [0.15, 0.2) is 0 Å². The first-order valence-electron chi connectivity index (χ1n) is 10.00. The maximum Gasteiger partial charge on any atom is 0.252 e. The molecular formula is C22H24N4OS. The Bertz CT molecular complexity index is 1040. The number of aromatic nitrogens is 1. The number of hydrogen-bond acceptors (Lipinski definition) is 5. The van der Waals surface area contributed by atoms with E-state index in [-0.39, 0.29) is 18.0 Å². The number of benzene rings is 2. The molecule has 1 aliphatic carbocycles. The summed E-state index contributed by atoms with van der Waals surface area (Å²) in [4.78, 5) is 17.1. The molecule has 6 heteroatoms. The third-order valence-corrected chi connectivity index (χ3v) is 6.75. The molecule has 5 nitrogen and oxygen atoms in total. The van der Waals surface area contributed by atoms with Crippen molar-refractivity contribution < 1.29 is 4.79 Å². The van der Waals surface area contributed by atoms with Crippen molar-refractivity contribution in [3.05, 3.63) is 47.0 Å². The maximum atomic E-state index is 12.7. The van der Waals surface area contributed by atoms with Crippen LogP contribution in [-0.4, -0.2) is 29.5 Å². The second-order valence-electron chi connectivity index (χ2n) is 7.80. The summed E-state index contributed by atoms with van der Waals surface area (Å²) in [5.41, 5.74) is 14.1. The predicted molar refractivity (Wildman–Crippen MR) is 115 cm³/mol. The van der Waals surface area contributed by atoms with Crippen molar-refractivity contribution in [2.45, 2.75) is 44.2 Å². The number of anilines is 1. The molecule has 28 heavy (non-hydrogen) atoms. The lowest BCUT2D eigenvalue weighted by atomic mass is 9.88. The quantitative estimate of drug-likeness (QED) is 0.631. The van der Waals surface area contributed by atoms with Crippen molar-refractivity contribution in [2.75, 3.05) is 11.9 Å². The third kappa shape index (κ3) is 3.16. The fraction of sp³-hybridized carbons (Fsp3) is 0.364. The zero-order chi connectivity index (χ0) is 19.1. The van der Waals surface area contributed by atoms with Gasteiger partial charge in [-0.25, -0.2) is 4.98 Å².